The lowest BCUT2D eigenvalue weighted by Gasteiger charge is -2.20. The summed E-state index contributed by atoms with van der Waals surface area (Å²) in [6.45, 7) is 4.34. The van der Waals surface area contributed by atoms with E-state index in [1.165, 1.54) is 36.6 Å². The maximum absolute atomic E-state index is 13.9. The van der Waals surface area contributed by atoms with E-state index in [0.717, 1.165) is 26.9 Å². The number of ether oxygens (including phenoxy) is 1. The second-order valence-electron chi connectivity index (χ2n) is 9.02. The van der Waals surface area contributed by atoms with Crippen molar-refractivity contribution < 1.29 is 17.9 Å². The molecule has 5 aromatic rings. The molecule has 0 aliphatic carbocycles. The maximum Gasteiger partial charge on any atom is 0.261 e. The molecule has 0 aliphatic heterocycles. The molecule has 0 spiro atoms. The van der Waals surface area contributed by atoms with Crippen LogP contribution in [0.3, 0.4) is 0 Å². The third-order valence-corrected chi connectivity index (χ3v) is 8.70. The number of rotatable bonds is 8. The summed E-state index contributed by atoms with van der Waals surface area (Å²) in [5, 5.41) is 0.549. The zero-order valence-corrected chi connectivity index (χ0v) is 23.2. The number of aryl methyl sites for hydroxylation is 2. The minimum absolute atomic E-state index is 0.0818. The lowest BCUT2D eigenvalue weighted by Crippen LogP contribution is -2.30. The molecule has 0 saturated carbocycles. The number of anilines is 2. The largest absolute Gasteiger partial charge is 0.497 e. The number of carbonyl (C=O) groups is 1. The van der Waals surface area contributed by atoms with Crippen LogP contribution in [0.25, 0.3) is 10.2 Å². The van der Waals surface area contributed by atoms with Crippen molar-refractivity contribution in [2.24, 2.45) is 0 Å². The monoisotopic (exact) mass is 558 g/mol. The Morgan fingerprint density at radius 2 is 1.77 bits per heavy atom. The molecule has 0 atom stereocenters. The molecule has 8 nitrogen and oxygen atoms in total. The minimum atomic E-state index is -3.88. The van der Waals surface area contributed by atoms with Crippen molar-refractivity contribution in [1.29, 1.82) is 0 Å². The lowest BCUT2D eigenvalue weighted by atomic mass is 10.1. The Bertz CT molecular complexity index is 1710. The van der Waals surface area contributed by atoms with Crippen LogP contribution in [-0.4, -0.2) is 31.4 Å². The van der Waals surface area contributed by atoms with Gasteiger partial charge in [-0.25, -0.2) is 13.4 Å². The number of aromatic nitrogens is 2. The van der Waals surface area contributed by atoms with E-state index in [1.807, 2.05) is 32.0 Å². The van der Waals surface area contributed by atoms with Gasteiger partial charge in [0.05, 0.1) is 28.8 Å². The van der Waals surface area contributed by atoms with Gasteiger partial charge >= 0.3 is 0 Å². The zero-order valence-electron chi connectivity index (χ0n) is 21.6. The number of sulfonamides is 1. The summed E-state index contributed by atoms with van der Waals surface area (Å²) >= 11 is 1.44. The Kier molecular flexibility index (Phi) is 7.32. The van der Waals surface area contributed by atoms with Gasteiger partial charge in [0.1, 0.15) is 5.75 Å². The highest BCUT2D eigenvalue weighted by molar-refractivity contribution is 7.92. The van der Waals surface area contributed by atoms with Gasteiger partial charge in [-0.2, -0.15) is 0 Å². The number of carbonyl (C=O) groups excluding carboxylic acids is 1. The number of nitrogens with one attached hydrogen (secondary N) is 1. The number of fused-ring (bicyclic) bond motifs is 1. The van der Waals surface area contributed by atoms with Gasteiger partial charge in [0.2, 0.25) is 0 Å². The van der Waals surface area contributed by atoms with Crippen LogP contribution in [0.15, 0.2) is 90.1 Å². The van der Waals surface area contributed by atoms with Crippen LogP contribution < -0.4 is 14.4 Å². The summed E-state index contributed by atoms with van der Waals surface area (Å²) < 4.78 is 34.6. The first-order valence-electron chi connectivity index (χ1n) is 12.1. The van der Waals surface area contributed by atoms with E-state index < -0.39 is 10.0 Å². The molecule has 0 saturated heterocycles. The Hall–Kier alpha value is -4.28. The highest BCUT2D eigenvalue weighted by atomic mass is 32.2. The summed E-state index contributed by atoms with van der Waals surface area (Å²) in [7, 11) is -2.36. The van der Waals surface area contributed by atoms with Gasteiger partial charge in [-0.15, -0.1) is 0 Å². The van der Waals surface area contributed by atoms with E-state index >= 15 is 0 Å². The topological polar surface area (TPSA) is 101 Å². The maximum atomic E-state index is 13.9. The van der Waals surface area contributed by atoms with Gasteiger partial charge in [0, 0.05) is 23.6 Å². The molecular weight excluding hydrogens is 532 g/mol. The number of hydrogen-bond acceptors (Lipinski definition) is 7. The minimum Gasteiger partial charge on any atom is -0.497 e. The predicted molar refractivity (Wildman–Crippen MR) is 154 cm³/mol. The molecule has 198 valence electrons. The molecule has 0 unspecified atom stereocenters. The second-order valence-corrected chi connectivity index (χ2v) is 11.7. The highest BCUT2D eigenvalue weighted by Crippen LogP contribution is 2.33. The molecule has 1 amide bonds. The molecule has 5 rings (SSSR count). The summed E-state index contributed by atoms with van der Waals surface area (Å²) in [6, 6.07) is 20.3. The molecule has 3 aromatic carbocycles. The number of nitrogens with zero attached hydrogens (tertiary/aromatic N) is 3. The number of methoxy groups -OCH3 is 1. The number of benzene rings is 3. The van der Waals surface area contributed by atoms with Crippen LogP contribution in [0.5, 0.6) is 5.75 Å². The smallest absolute Gasteiger partial charge is 0.261 e. The fourth-order valence-electron chi connectivity index (χ4n) is 4.02. The summed E-state index contributed by atoms with van der Waals surface area (Å²) in [5.41, 5.74) is 4.53. The predicted octanol–water partition coefficient (Wildman–Crippen LogP) is 5.96. The van der Waals surface area contributed by atoms with Gasteiger partial charge in [0.25, 0.3) is 15.9 Å². The van der Waals surface area contributed by atoms with Crippen LogP contribution >= 0.6 is 11.3 Å². The van der Waals surface area contributed by atoms with Crippen LogP contribution in [0.1, 0.15) is 27.0 Å². The lowest BCUT2D eigenvalue weighted by molar-refractivity contribution is 0.0985. The standard InChI is InChI=1S/C29H26N4O4S2/c1-19-14-26-27(15-20(19)2)38-29(31-26)33(18-21-6-5-13-30-17-21)28(34)22-7-4-8-23(16-22)32-39(35,36)25-11-9-24(37-3)10-12-25/h4-17,32H,18H2,1-3H3. The Morgan fingerprint density at radius 3 is 2.49 bits per heavy atom. The van der Waals surface area contributed by atoms with E-state index in [0.29, 0.717) is 16.4 Å². The normalized spacial score (nSPS) is 11.4. The van der Waals surface area contributed by atoms with Gasteiger partial charge in [0.15, 0.2) is 5.13 Å². The third-order valence-electron chi connectivity index (χ3n) is 6.26. The van der Waals surface area contributed by atoms with E-state index in [1.54, 1.807) is 47.6 Å². The molecule has 0 aliphatic rings. The van der Waals surface area contributed by atoms with Gasteiger partial charge in [-0.3, -0.25) is 19.4 Å². The summed E-state index contributed by atoms with van der Waals surface area (Å²) in [5.74, 6) is 0.243. The van der Waals surface area contributed by atoms with Crippen LogP contribution in [0.2, 0.25) is 0 Å². The fraction of sp³-hybridized carbons (Fsp3) is 0.138. The van der Waals surface area contributed by atoms with Crippen molar-refractivity contribution in [3.05, 3.63) is 107 Å². The van der Waals surface area contributed by atoms with Gasteiger partial charge in [-0.1, -0.05) is 23.5 Å². The zero-order chi connectivity index (χ0) is 27.6. The van der Waals surface area contributed by atoms with Crippen LogP contribution in [0.4, 0.5) is 10.8 Å². The number of pyridine rings is 1. The van der Waals surface area contributed by atoms with E-state index in [4.69, 9.17) is 9.72 Å². The number of amides is 1. The van der Waals surface area contributed by atoms with Crippen LogP contribution in [-0.2, 0) is 16.6 Å². The van der Waals surface area contributed by atoms with Crippen molar-refractivity contribution >= 4 is 48.3 Å². The van der Waals surface area contributed by atoms with Gasteiger partial charge < -0.3 is 4.74 Å². The molecule has 1 N–H and O–H groups in total. The molecule has 39 heavy (non-hydrogen) atoms. The van der Waals surface area contributed by atoms with E-state index in [-0.39, 0.29) is 23.0 Å². The summed E-state index contributed by atoms with van der Waals surface area (Å²) in [4.78, 5) is 24.5. The first kappa shape index (κ1) is 26.3. The van der Waals surface area contributed by atoms with E-state index in [9.17, 15) is 13.2 Å². The Balaban J connectivity index is 1.48. The average Bonchev–Trinajstić information content (AvgIpc) is 3.34. The van der Waals surface area contributed by atoms with Crippen molar-refractivity contribution in [3.63, 3.8) is 0 Å². The van der Waals surface area contributed by atoms with Crippen molar-refractivity contribution in [2.75, 3.05) is 16.7 Å². The third kappa shape index (κ3) is 5.76. The average molecular weight is 559 g/mol. The Labute approximate surface area is 231 Å². The molecule has 0 bridgehead atoms. The molecule has 0 radical (unpaired) electrons. The van der Waals surface area contributed by atoms with Gasteiger partial charge in [-0.05, 0) is 91.2 Å². The number of hydrogen-bond donors (Lipinski definition) is 1. The first-order valence-corrected chi connectivity index (χ1v) is 14.4. The number of thiazole rings is 1. The molecular formula is C29H26N4O4S2. The Morgan fingerprint density at radius 1 is 1.00 bits per heavy atom. The molecule has 2 heterocycles. The van der Waals surface area contributed by atoms with E-state index in [2.05, 4.69) is 15.8 Å². The van der Waals surface area contributed by atoms with Crippen molar-refractivity contribution in [1.82, 2.24) is 9.97 Å². The van der Waals surface area contributed by atoms with Crippen molar-refractivity contribution in [2.45, 2.75) is 25.3 Å². The fourth-order valence-corrected chi connectivity index (χ4v) is 6.12. The SMILES string of the molecule is COc1ccc(S(=O)(=O)Nc2cccc(C(=O)N(Cc3cccnc3)c3nc4cc(C)c(C)cc4s3)c2)cc1. The molecule has 10 heteroatoms. The van der Waals surface area contributed by atoms with Crippen molar-refractivity contribution in [3.8, 4) is 5.75 Å². The molecule has 0 fully saturated rings. The molecule has 2 aromatic heterocycles. The van der Waals surface area contributed by atoms with Crippen LogP contribution in [0, 0.1) is 13.8 Å². The highest BCUT2D eigenvalue weighted by Gasteiger charge is 2.23. The summed E-state index contributed by atoms with van der Waals surface area (Å²) in [6.07, 6.45) is 3.39. The quantitative estimate of drug-likeness (QED) is 0.252. The first-order chi connectivity index (χ1) is 18.7. The second kappa shape index (κ2) is 10.8.